The molecule has 3 N–H and O–H groups in total. The van der Waals surface area contributed by atoms with Crippen molar-refractivity contribution in [1.82, 2.24) is 5.32 Å². The first kappa shape index (κ1) is 19.3. The highest BCUT2D eigenvalue weighted by atomic mass is 32.2. The van der Waals surface area contributed by atoms with E-state index in [2.05, 4.69) is 22.5 Å². The topological polar surface area (TPSA) is 90.8 Å². The molecule has 1 aliphatic rings. The second-order valence-electron chi connectivity index (χ2n) is 6.26. The Morgan fingerprint density at radius 3 is 2.68 bits per heavy atom. The van der Waals surface area contributed by atoms with Gasteiger partial charge in [0.05, 0.1) is 6.04 Å². The van der Waals surface area contributed by atoms with Crippen LogP contribution in [0.2, 0.25) is 0 Å². The van der Waals surface area contributed by atoms with Crippen molar-refractivity contribution in [2.24, 2.45) is 4.99 Å². The van der Waals surface area contributed by atoms with Gasteiger partial charge in [-0.05, 0) is 44.4 Å². The molecule has 0 saturated carbocycles. The maximum atomic E-state index is 12.5. The quantitative estimate of drug-likeness (QED) is 0.647. The number of aliphatic carboxylic acids is 1. The molecule has 2 rings (SSSR count). The van der Waals surface area contributed by atoms with E-state index in [4.69, 9.17) is 5.11 Å². The van der Waals surface area contributed by atoms with Crippen LogP contribution in [0.15, 0.2) is 23.2 Å². The van der Waals surface area contributed by atoms with Crippen molar-refractivity contribution < 1.29 is 14.7 Å². The van der Waals surface area contributed by atoms with Gasteiger partial charge >= 0.3 is 5.97 Å². The third-order valence-electron chi connectivity index (χ3n) is 4.15. The van der Waals surface area contributed by atoms with Gasteiger partial charge in [0.2, 0.25) is 0 Å². The molecule has 25 heavy (non-hydrogen) atoms. The van der Waals surface area contributed by atoms with Gasteiger partial charge in [-0.15, -0.1) is 0 Å². The van der Waals surface area contributed by atoms with Crippen molar-refractivity contribution in [2.45, 2.75) is 51.3 Å². The number of benzene rings is 1. The molecule has 1 aromatic rings. The summed E-state index contributed by atoms with van der Waals surface area (Å²) in [6.07, 6.45) is 1.58. The van der Waals surface area contributed by atoms with Crippen molar-refractivity contribution in [2.75, 3.05) is 11.9 Å². The Bertz CT molecular complexity index is 676. The fourth-order valence-electron chi connectivity index (χ4n) is 2.43. The van der Waals surface area contributed by atoms with Gasteiger partial charge < -0.3 is 15.7 Å². The van der Waals surface area contributed by atoms with E-state index in [1.807, 2.05) is 32.0 Å². The van der Waals surface area contributed by atoms with Crippen LogP contribution in [0.1, 0.15) is 49.0 Å². The SMILES string of the molecule is Cc1ccc(NCCCCC(=O)O)cc1C(=O)NC1=NC(C)C(C)S1. The van der Waals surface area contributed by atoms with Crippen molar-refractivity contribution in [3.8, 4) is 0 Å². The van der Waals surface area contributed by atoms with Crippen LogP contribution in [0.5, 0.6) is 0 Å². The number of nitrogens with zero attached hydrogens (tertiary/aromatic N) is 1. The number of unbranched alkanes of at least 4 members (excludes halogenated alkanes) is 1. The number of carbonyl (C=O) groups is 2. The molecular weight excluding hydrogens is 338 g/mol. The maximum absolute atomic E-state index is 12.5. The van der Waals surface area contributed by atoms with Crippen LogP contribution >= 0.6 is 11.8 Å². The molecule has 2 atom stereocenters. The van der Waals surface area contributed by atoms with Crippen molar-refractivity contribution >= 4 is 34.5 Å². The van der Waals surface area contributed by atoms with E-state index in [0.717, 1.165) is 17.7 Å². The van der Waals surface area contributed by atoms with Gasteiger partial charge in [0, 0.05) is 29.5 Å². The molecule has 0 fully saturated rings. The minimum absolute atomic E-state index is 0.153. The maximum Gasteiger partial charge on any atom is 0.303 e. The van der Waals surface area contributed by atoms with E-state index in [1.165, 1.54) is 0 Å². The minimum Gasteiger partial charge on any atom is -0.481 e. The summed E-state index contributed by atoms with van der Waals surface area (Å²) in [6, 6.07) is 5.87. The van der Waals surface area contributed by atoms with E-state index < -0.39 is 5.97 Å². The molecule has 0 saturated heterocycles. The van der Waals surface area contributed by atoms with E-state index in [9.17, 15) is 9.59 Å². The molecule has 0 spiro atoms. The van der Waals surface area contributed by atoms with Crippen LogP contribution in [-0.4, -0.2) is 40.0 Å². The summed E-state index contributed by atoms with van der Waals surface area (Å²) in [4.78, 5) is 27.5. The lowest BCUT2D eigenvalue weighted by molar-refractivity contribution is -0.137. The zero-order chi connectivity index (χ0) is 18.4. The van der Waals surface area contributed by atoms with Crippen LogP contribution in [0.25, 0.3) is 0 Å². The second kappa shape index (κ2) is 8.89. The first-order valence-electron chi connectivity index (χ1n) is 8.49. The van der Waals surface area contributed by atoms with E-state index in [1.54, 1.807) is 11.8 Å². The number of rotatable bonds is 7. The molecule has 0 aromatic heterocycles. The Hall–Kier alpha value is -2.02. The number of carboxylic acids is 1. The van der Waals surface area contributed by atoms with Crippen LogP contribution in [0.4, 0.5) is 5.69 Å². The minimum atomic E-state index is -0.773. The number of anilines is 1. The first-order chi connectivity index (χ1) is 11.9. The lowest BCUT2D eigenvalue weighted by atomic mass is 10.1. The molecule has 0 radical (unpaired) electrons. The molecule has 0 bridgehead atoms. The van der Waals surface area contributed by atoms with Crippen LogP contribution in [0, 0.1) is 6.92 Å². The molecule has 1 amide bonds. The third-order valence-corrected chi connectivity index (χ3v) is 5.34. The lowest BCUT2D eigenvalue weighted by Gasteiger charge is -2.11. The molecule has 1 aliphatic heterocycles. The molecule has 7 heteroatoms. The van der Waals surface area contributed by atoms with Crippen LogP contribution in [-0.2, 0) is 4.79 Å². The van der Waals surface area contributed by atoms with Gasteiger partial charge in [0.25, 0.3) is 5.91 Å². The number of hydrogen-bond acceptors (Lipinski definition) is 5. The van der Waals surface area contributed by atoms with Gasteiger partial charge in [0.1, 0.15) is 0 Å². The van der Waals surface area contributed by atoms with Gasteiger partial charge in [-0.25, -0.2) is 0 Å². The molecule has 1 aromatic carbocycles. The van der Waals surface area contributed by atoms with Gasteiger partial charge in [-0.2, -0.15) is 0 Å². The van der Waals surface area contributed by atoms with Crippen molar-refractivity contribution in [1.29, 1.82) is 0 Å². The standard InChI is InChI=1S/C18H25N3O3S/c1-11-7-8-14(19-9-5-4-6-16(22)23)10-15(11)17(24)21-18-20-12(2)13(3)25-18/h7-8,10,12-13,19H,4-6,9H2,1-3H3,(H,22,23)(H,20,21,24). The fourth-order valence-corrected chi connectivity index (χ4v) is 3.42. The highest BCUT2D eigenvalue weighted by Crippen LogP contribution is 2.25. The Morgan fingerprint density at radius 1 is 1.28 bits per heavy atom. The number of hydrogen-bond donors (Lipinski definition) is 3. The molecule has 1 heterocycles. The summed E-state index contributed by atoms with van der Waals surface area (Å²) in [7, 11) is 0. The highest BCUT2D eigenvalue weighted by Gasteiger charge is 2.24. The van der Waals surface area contributed by atoms with E-state index in [-0.39, 0.29) is 18.4 Å². The van der Waals surface area contributed by atoms with Gasteiger partial charge in [-0.3, -0.25) is 14.6 Å². The van der Waals surface area contributed by atoms with Crippen molar-refractivity contribution in [3.05, 3.63) is 29.3 Å². The lowest BCUT2D eigenvalue weighted by Crippen LogP contribution is -2.28. The predicted molar refractivity (Wildman–Crippen MR) is 103 cm³/mol. The predicted octanol–water partition coefficient (Wildman–Crippen LogP) is 3.27. The second-order valence-corrected chi connectivity index (χ2v) is 7.63. The number of carbonyl (C=O) groups excluding carboxylic acids is 1. The summed E-state index contributed by atoms with van der Waals surface area (Å²) in [5.41, 5.74) is 2.37. The van der Waals surface area contributed by atoms with Crippen molar-refractivity contribution in [3.63, 3.8) is 0 Å². The summed E-state index contributed by atoms with van der Waals surface area (Å²) in [6.45, 7) is 6.71. The largest absolute Gasteiger partial charge is 0.481 e. The Kier molecular flexibility index (Phi) is 6.87. The Morgan fingerprint density at radius 2 is 2.04 bits per heavy atom. The molecule has 136 valence electrons. The van der Waals surface area contributed by atoms with E-state index in [0.29, 0.717) is 28.9 Å². The Balaban J connectivity index is 1.93. The monoisotopic (exact) mass is 363 g/mol. The summed E-state index contributed by atoms with van der Waals surface area (Å²) >= 11 is 1.58. The normalized spacial score (nSPS) is 19.4. The number of nitrogens with one attached hydrogen (secondary N) is 2. The average molecular weight is 363 g/mol. The summed E-state index contributed by atoms with van der Waals surface area (Å²) < 4.78 is 0. The third kappa shape index (κ3) is 5.77. The van der Waals surface area contributed by atoms with Crippen LogP contribution < -0.4 is 10.6 Å². The number of carboxylic acid groups (broad SMARTS) is 1. The first-order valence-corrected chi connectivity index (χ1v) is 9.37. The highest BCUT2D eigenvalue weighted by molar-refractivity contribution is 8.14. The number of amidine groups is 1. The van der Waals surface area contributed by atoms with Crippen LogP contribution in [0.3, 0.4) is 0 Å². The summed E-state index contributed by atoms with van der Waals surface area (Å²) in [5, 5.41) is 15.8. The Labute approximate surface area is 152 Å². The number of amides is 1. The zero-order valence-corrected chi connectivity index (χ0v) is 15.7. The molecular formula is C18H25N3O3S. The van der Waals surface area contributed by atoms with Gasteiger partial charge in [-0.1, -0.05) is 24.8 Å². The summed E-state index contributed by atoms with van der Waals surface area (Å²) in [5.74, 6) is -0.926. The molecule has 6 nitrogen and oxygen atoms in total. The number of thioether (sulfide) groups is 1. The number of aryl methyl sites for hydroxylation is 1. The molecule has 2 unspecified atom stereocenters. The number of aliphatic imine (C=N–C) groups is 1. The van der Waals surface area contributed by atoms with E-state index >= 15 is 0 Å². The smallest absolute Gasteiger partial charge is 0.303 e. The zero-order valence-electron chi connectivity index (χ0n) is 14.8. The molecule has 0 aliphatic carbocycles. The van der Waals surface area contributed by atoms with Gasteiger partial charge in [0.15, 0.2) is 5.17 Å². The average Bonchev–Trinajstić information content (AvgIpc) is 2.85. The fraction of sp³-hybridized carbons (Fsp3) is 0.500.